The minimum Gasteiger partial charge on any atom is -0.365 e. The number of hydrogen-bond acceptors (Lipinski definition) is 2. The third-order valence-electron chi connectivity index (χ3n) is 1.88. The fraction of sp³-hybridized carbons (Fsp3) is 0.0909. The van der Waals surface area contributed by atoms with Gasteiger partial charge in [-0.05, 0) is 30.2 Å². The number of aryl methyl sites for hydroxylation is 1. The first kappa shape index (κ1) is 11.5. The van der Waals surface area contributed by atoms with Crippen molar-refractivity contribution in [3.05, 3.63) is 39.4 Å². The number of hydrogen-bond donors (Lipinski definition) is 1. The second kappa shape index (κ2) is 4.76. The van der Waals surface area contributed by atoms with E-state index in [-0.39, 0.29) is 5.57 Å². The van der Waals surface area contributed by atoms with Crippen LogP contribution >= 0.6 is 15.9 Å². The van der Waals surface area contributed by atoms with Gasteiger partial charge in [-0.2, -0.15) is 5.26 Å². The van der Waals surface area contributed by atoms with Crippen molar-refractivity contribution in [1.29, 1.82) is 5.26 Å². The topological polar surface area (TPSA) is 66.9 Å². The Morgan fingerprint density at radius 3 is 2.73 bits per heavy atom. The fourth-order valence-corrected chi connectivity index (χ4v) is 1.33. The average molecular weight is 265 g/mol. The van der Waals surface area contributed by atoms with Gasteiger partial charge in [-0.15, -0.1) is 0 Å². The van der Waals surface area contributed by atoms with E-state index >= 15 is 0 Å². The number of primary amides is 1. The molecule has 0 heterocycles. The maximum Gasteiger partial charge on any atom is 0.259 e. The first-order valence-electron chi connectivity index (χ1n) is 4.22. The predicted octanol–water partition coefficient (Wildman–Crippen LogP) is 2.15. The van der Waals surface area contributed by atoms with Crippen LogP contribution in [-0.2, 0) is 4.79 Å². The van der Waals surface area contributed by atoms with Crippen LogP contribution in [0.5, 0.6) is 0 Å². The summed E-state index contributed by atoms with van der Waals surface area (Å²) in [5.74, 6) is -0.710. The predicted molar refractivity (Wildman–Crippen MR) is 61.7 cm³/mol. The zero-order chi connectivity index (χ0) is 11.4. The van der Waals surface area contributed by atoms with Crippen molar-refractivity contribution >= 4 is 27.9 Å². The first-order valence-corrected chi connectivity index (χ1v) is 5.01. The molecule has 1 aromatic rings. The molecule has 1 rings (SSSR count). The summed E-state index contributed by atoms with van der Waals surface area (Å²) in [6.07, 6.45) is 1.47. The molecule has 0 unspecified atom stereocenters. The number of nitrogens with two attached hydrogens (primary N) is 1. The van der Waals surface area contributed by atoms with Crippen LogP contribution in [0.3, 0.4) is 0 Å². The largest absolute Gasteiger partial charge is 0.365 e. The molecule has 2 N–H and O–H groups in total. The van der Waals surface area contributed by atoms with Gasteiger partial charge in [0.15, 0.2) is 0 Å². The molecule has 1 amide bonds. The molecule has 0 atom stereocenters. The van der Waals surface area contributed by atoms with Crippen molar-refractivity contribution in [2.24, 2.45) is 5.73 Å². The maximum absolute atomic E-state index is 10.8. The molecular formula is C11H9BrN2O. The molecule has 0 radical (unpaired) electrons. The summed E-state index contributed by atoms with van der Waals surface area (Å²) < 4.78 is 0.984. The molecule has 0 fully saturated rings. The van der Waals surface area contributed by atoms with Gasteiger partial charge in [0.25, 0.3) is 5.91 Å². The number of benzene rings is 1. The quantitative estimate of drug-likeness (QED) is 0.657. The van der Waals surface area contributed by atoms with E-state index in [0.29, 0.717) is 0 Å². The minimum atomic E-state index is -0.710. The van der Waals surface area contributed by atoms with Crippen LogP contribution in [0.4, 0.5) is 0 Å². The van der Waals surface area contributed by atoms with Crippen LogP contribution in [0.1, 0.15) is 11.1 Å². The van der Waals surface area contributed by atoms with E-state index in [2.05, 4.69) is 15.9 Å². The molecule has 1 aromatic carbocycles. The van der Waals surface area contributed by atoms with Gasteiger partial charge in [0.2, 0.25) is 0 Å². The summed E-state index contributed by atoms with van der Waals surface area (Å²) in [5, 5.41) is 8.65. The molecule has 0 saturated carbocycles. The van der Waals surface area contributed by atoms with E-state index in [1.807, 2.05) is 19.1 Å². The van der Waals surface area contributed by atoms with E-state index in [4.69, 9.17) is 11.0 Å². The zero-order valence-electron chi connectivity index (χ0n) is 8.12. The maximum atomic E-state index is 10.8. The number of carbonyl (C=O) groups is 1. The second-order valence-electron chi connectivity index (χ2n) is 3.04. The van der Waals surface area contributed by atoms with Crippen LogP contribution in [0.2, 0.25) is 0 Å². The van der Waals surface area contributed by atoms with Gasteiger partial charge in [-0.25, -0.2) is 0 Å². The SMILES string of the molecule is Cc1cc(C=C(C#N)C(N)=O)ccc1Br. The zero-order valence-corrected chi connectivity index (χ0v) is 9.71. The smallest absolute Gasteiger partial charge is 0.259 e. The van der Waals surface area contributed by atoms with Crippen molar-refractivity contribution in [1.82, 2.24) is 0 Å². The van der Waals surface area contributed by atoms with E-state index in [0.717, 1.165) is 15.6 Å². The molecule has 3 nitrogen and oxygen atoms in total. The third-order valence-corrected chi connectivity index (χ3v) is 2.77. The molecule has 4 heteroatoms. The molecule has 0 aliphatic rings. The highest BCUT2D eigenvalue weighted by Crippen LogP contribution is 2.18. The normalized spacial score (nSPS) is 10.9. The lowest BCUT2D eigenvalue weighted by Crippen LogP contribution is -2.12. The summed E-state index contributed by atoms with van der Waals surface area (Å²) in [5.41, 5.74) is 6.80. The first-order chi connectivity index (χ1) is 7.04. The number of amides is 1. The Balaban J connectivity index is 3.14. The lowest BCUT2D eigenvalue weighted by molar-refractivity contribution is -0.114. The average Bonchev–Trinajstić information content (AvgIpc) is 2.19. The fourth-order valence-electron chi connectivity index (χ4n) is 1.08. The Hall–Kier alpha value is -1.60. The molecule has 0 aromatic heterocycles. The van der Waals surface area contributed by atoms with Crippen molar-refractivity contribution in [2.45, 2.75) is 6.92 Å². The van der Waals surface area contributed by atoms with Gasteiger partial charge in [-0.1, -0.05) is 28.1 Å². The highest BCUT2D eigenvalue weighted by molar-refractivity contribution is 9.10. The van der Waals surface area contributed by atoms with Gasteiger partial charge in [-0.3, -0.25) is 4.79 Å². The van der Waals surface area contributed by atoms with Crippen LogP contribution in [0, 0.1) is 18.3 Å². The molecule has 0 spiro atoms. The number of rotatable bonds is 2. The van der Waals surface area contributed by atoms with Crippen LogP contribution in [0.25, 0.3) is 6.08 Å². The van der Waals surface area contributed by atoms with Gasteiger partial charge >= 0.3 is 0 Å². The lowest BCUT2D eigenvalue weighted by atomic mass is 10.1. The number of nitriles is 1. The number of carbonyl (C=O) groups excluding carboxylic acids is 1. The molecule has 76 valence electrons. The third kappa shape index (κ3) is 2.93. The van der Waals surface area contributed by atoms with Gasteiger partial charge in [0.1, 0.15) is 11.6 Å². The minimum absolute atomic E-state index is 0.0447. The van der Waals surface area contributed by atoms with E-state index in [1.165, 1.54) is 6.08 Å². The Kier molecular flexibility index (Phi) is 3.64. The Morgan fingerprint density at radius 1 is 1.60 bits per heavy atom. The van der Waals surface area contributed by atoms with Crippen molar-refractivity contribution in [3.8, 4) is 6.07 Å². The van der Waals surface area contributed by atoms with Crippen LogP contribution in [-0.4, -0.2) is 5.91 Å². The summed E-state index contributed by atoms with van der Waals surface area (Å²) in [7, 11) is 0. The highest BCUT2D eigenvalue weighted by Gasteiger charge is 2.03. The second-order valence-corrected chi connectivity index (χ2v) is 3.90. The van der Waals surface area contributed by atoms with E-state index in [1.54, 1.807) is 12.1 Å². The number of nitrogens with zero attached hydrogens (tertiary/aromatic N) is 1. The van der Waals surface area contributed by atoms with E-state index < -0.39 is 5.91 Å². The molecule has 0 bridgehead atoms. The lowest BCUT2D eigenvalue weighted by Gasteiger charge is -1.99. The molecule has 15 heavy (non-hydrogen) atoms. The van der Waals surface area contributed by atoms with Crippen LogP contribution < -0.4 is 5.73 Å². The highest BCUT2D eigenvalue weighted by atomic mass is 79.9. The monoisotopic (exact) mass is 264 g/mol. The standard InChI is InChI=1S/C11H9BrN2O/c1-7-4-8(2-3-10(7)12)5-9(6-13)11(14)15/h2-5H,1H3,(H2,14,15). The summed E-state index contributed by atoms with van der Waals surface area (Å²) in [6, 6.07) is 7.29. The van der Waals surface area contributed by atoms with Crippen molar-refractivity contribution in [3.63, 3.8) is 0 Å². The van der Waals surface area contributed by atoms with Crippen molar-refractivity contribution < 1.29 is 4.79 Å². The molecule has 0 saturated heterocycles. The van der Waals surface area contributed by atoms with Crippen molar-refractivity contribution in [2.75, 3.05) is 0 Å². The van der Waals surface area contributed by atoms with Crippen LogP contribution in [0.15, 0.2) is 28.2 Å². The van der Waals surface area contributed by atoms with Gasteiger partial charge in [0, 0.05) is 4.47 Å². The van der Waals surface area contributed by atoms with Gasteiger partial charge < -0.3 is 5.73 Å². The summed E-state index contributed by atoms with van der Waals surface area (Å²) in [6.45, 7) is 1.93. The molecular weight excluding hydrogens is 256 g/mol. The summed E-state index contributed by atoms with van der Waals surface area (Å²) >= 11 is 3.36. The molecule has 0 aliphatic carbocycles. The Morgan fingerprint density at radius 2 is 2.27 bits per heavy atom. The Labute approximate surface area is 96.3 Å². The summed E-state index contributed by atoms with van der Waals surface area (Å²) in [4.78, 5) is 10.8. The van der Waals surface area contributed by atoms with Gasteiger partial charge in [0.05, 0.1) is 0 Å². The number of halogens is 1. The van der Waals surface area contributed by atoms with E-state index in [9.17, 15) is 4.79 Å². The molecule has 0 aliphatic heterocycles. The Bertz CT molecular complexity index is 472.